The lowest BCUT2D eigenvalue weighted by Crippen LogP contribution is -1.90. The third-order valence-electron chi connectivity index (χ3n) is 4.99. The molecule has 2 N–H and O–H groups in total. The average molecular weight is 430 g/mol. The van der Waals surface area contributed by atoms with Crippen molar-refractivity contribution < 1.29 is 5.11 Å². The van der Waals surface area contributed by atoms with Gasteiger partial charge in [0.25, 0.3) is 0 Å². The van der Waals surface area contributed by atoms with E-state index in [0.29, 0.717) is 0 Å². The molecule has 0 aliphatic heterocycles. The number of aliphatic hydroxyl groups excluding tert-OH is 1. The molecule has 0 aliphatic carbocycles. The van der Waals surface area contributed by atoms with E-state index < -0.39 is 0 Å². The van der Waals surface area contributed by atoms with Crippen molar-refractivity contribution in [2.75, 3.05) is 0 Å². The Morgan fingerprint density at radius 2 is 1.71 bits per heavy atom. The van der Waals surface area contributed by atoms with Crippen LogP contribution in [0.4, 0.5) is 0 Å². The topological polar surface area (TPSA) is 61.8 Å². The molecule has 2 aromatic carbocycles. The van der Waals surface area contributed by atoms with Crippen molar-refractivity contribution in [2.24, 2.45) is 0 Å². The number of nitrogens with zero attached hydrogens (tertiary/aromatic N) is 2. The van der Waals surface area contributed by atoms with Crippen molar-refractivity contribution in [3.63, 3.8) is 0 Å². The molecule has 5 rings (SSSR count). The summed E-state index contributed by atoms with van der Waals surface area (Å²) in [6, 6.07) is 18.3. The van der Waals surface area contributed by atoms with E-state index in [-0.39, 0.29) is 6.61 Å². The number of halogens is 1. The molecule has 0 fully saturated rings. The number of fused-ring (bicyclic) bond motifs is 3. The van der Waals surface area contributed by atoms with E-state index >= 15 is 0 Å². The average Bonchev–Trinajstić information content (AvgIpc) is 3.12. The first kappa shape index (κ1) is 17.1. The molecule has 0 aliphatic rings. The highest BCUT2D eigenvalue weighted by molar-refractivity contribution is 9.10. The Hall–Kier alpha value is -3.02. The van der Waals surface area contributed by atoms with Gasteiger partial charge in [-0.05, 0) is 53.1 Å². The zero-order valence-electron chi connectivity index (χ0n) is 14.9. The Morgan fingerprint density at radius 3 is 2.46 bits per heavy atom. The summed E-state index contributed by atoms with van der Waals surface area (Å²) < 4.78 is 1.04. The molecule has 5 aromatic rings. The SMILES string of the molecule is OCc1ccc2[nH]c3ncc(-c4ccc(Br)cc4)c(-c4ccncc4)c3c2c1. The molecule has 3 heterocycles. The summed E-state index contributed by atoms with van der Waals surface area (Å²) in [7, 11) is 0. The van der Waals surface area contributed by atoms with Gasteiger partial charge in [0, 0.05) is 50.5 Å². The molecule has 0 saturated heterocycles. The predicted octanol–water partition coefficient (Wildman–Crippen LogP) is 5.70. The summed E-state index contributed by atoms with van der Waals surface area (Å²) in [6.07, 6.45) is 5.53. The lowest BCUT2D eigenvalue weighted by atomic mass is 9.93. The molecule has 28 heavy (non-hydrogen) atoms. The fraction of sp³-hybridized carbons (Fsp3) is 0.0435. The van der Waals surface area contributed by atoms with E-state index in [9.17, 15) is 5.11 Å². The van der Waals surface area contributed by atoms with Crippen LogP contribution in [-0.2, 0) is 6.61 Å². The third kappa shape index (κ3) is 2.80. The minimum absolute atomic E-state index is 0.00698. The molecule has 0 atom stereocenters. The fourth-order valence-corrected chi connectivity index (χ4v) is 3.93. The molecule has 4 nitrogen and oxygen atoms in total. The lowest BCUT2D eigenvalue weighted by molar-refractivity contribution is 0.282. The molecule has 0 amide bonds. The minimum atomic E-state index is 0.00698. The van der Waals surface area contributed by atoms with Crippen molar-refractivity contribution in [3.8, 4) is 22.3 Å². The monoisotopic (exact) mass is 429 g/mol. The summed E-state index contributed by atoms with van der Waals surface area (Å²) in [6.45, 7) is 0.00698. The van der Waals surface area contributed by atoms with Gasteiger partial charge in [0.05, 0.1) is 6.61 Å². The zero-order chi connectivity index (χ0) is 19.1. The quantitative estimate of drug-likeness (QED) is 0.386. The van der Waals surface area contributed by atoms with Gasteiger partial charge in [-0.2, -0.15) is 0 Å². The zero-order valence-corrected chi connectivity index (χ0v) is 16.4. The highest BCUT2D eigenvalue weighted by Crippen LogP contribution is 2.40. The minimum Gasteiger partial charge on any atom is -0.392 e. The molecule has 136 valence electrons. The number of aromatic amines is 1. The lowest BCUT2D eigenvalue weighted by Gasteiger charge is -2.12. The Bertz CT molecular complexity index is 1290. The maximum absolute atomic E-state index is 9.61. The third-order valence-corrected chi connectivity index (χ3v) is 5.52. The van der Waals surface area contributed by atoms with E-state index in [0.717, 1.165) is 54.2 Å². The standard InChI is InChI=1S/C23H16BrN3O/c24-17-4-2-15(3-5-17)19-12-26-23-22(21(19)16-7-9-25-10-8-16)18-11-14(13-28)1-6-20(18)27-23/h1-12,28H,13H2,(H,26,27). The van der Waals surface area contributed by atoms with Gasteiger partial charge in [0.2, 0.25) is 0 Å². The van der Waals surface area contributed by atoms with Crippen molar-refractivity contribution >= 4 is 37.9 Å². The van der Waals surface area contributed by atoms with Crippen LogP contribution in [-0.4, -0.2) is 20.1 Å². The van der Waals surface area contributed by atoms with Crippen LogP contribution in [0.25, 0.3) is 44.2 Å². The Labute approximate surface area is 170 Å². The van der Waals surface area contributed by atoms with Gasteiger partial charge in [-0.25, -0.2) is 4.98 Å². The molecule has 5 heteroatoms. The number of hydrogen-bond donors (Lipinski definition) is 2. The second-order valence-electron chi connectivity index (χ2n) is 6.68. The number of pyridine rings is 2. The number of H-pyrrole nitrogens is 1. The smallest absolute Gasteiger partial charge is 0.138 e. The van der Waals surface area contributed by atoms with E-state index in [2.05, 4.69) is 38.0 Å². The second kappa shape index (κ2) is 6.86. The van der Waals surface area contributed by atoms with E-state index in [1.54, 1.807) is 12.4 Å². The number of aromatic nitrogens is 3. The Morgan fingerprint density at radius 1 is 0.929 bits per heavy atom. The van der Waals surface area contributed by atoms with Crippen molar-refractivity contribution in [2.45, 2.75) is 6.61 Å². The van der Waals surface area contributed by atoms with Crippen LogP contribution in [0.3, 0.4) is 0 Å². The highest BCUT2D eigenvalue weighted by Gasteiger charge is 2.17. The summed E-state index contributed by atoms with van der Waals surface area (Å²) in [5, 5.41) is 11.7. The summed E-state index contributed by atoms with van der Waals surface area (Å²) >= 11 is 3.51. The van der Waals surface area contributed by atoms with Crippen LogP contribution in [0, 0.1) is 0 Å². The van der Waals surface area contributed by atoms with Crippen molar-refractivity contribution in [1.82, 2.24) is 15.0 Å². The van der Waals surface area contributed by atoms with Crippen LogP contribution >= 0.6 is 15.9 Å². The van der Waals surface area contributed by atoms with Gasteiger partial charge < -0.3 is 10.1 Å². The van der Waals surface area contributed by atoms with Crippen LogP contribution in [0.15, 0.2) is 77.7 Å². The maximum atomic E-state index is 9.61. The van der Waals surface area contributed by atoms with Crippen molar-refractivity contribution in [1.29, 1.82) is 0 Å². The van der Waals surface area contributed by atoms with Crippen LogP contribution in [0.2, 0.25) is 0 Å². The molecular formula is C23H16BrN3O. The molecular weight excluding hydrogens is 414 g/mol. The van der Waals surface area contributed by atoms with Crippen LogP contribution < -0.4 is 0 Å². The number of hydrogen-bond acceptors (Lipinski definition) is 3. The first-order valence-corrected chi connectivity index (χ1v) is 9.74. The summed E-state index contributed by atoms with van der Waals surface area (Å²) in [5.74, 6) is 0. The molecule has 0 saturated carbocycles. The van der Waals surface area contributed by atoms with Crippen LogP contribution in [0.1, 0.15) is 5.56 Å². The highest BCUT2D eigenvalue weighted by atomic mass is 79.9. The van der Waals surface area contributed by atoms with Crippen LogP contribution in [0.5, 0.6) is 0 Å². The van der Waals surface area contributed by atoms with E-state index in [1.807, 2.05) is 48.7 Å². The van der Waals surface area contributed by atoms with Gasteiger partial charge >= 0.3 is 0 Å². The van der Waals surface area contributed by atoms with Gasteiger partial charge in [0.1, 0.15) is 5.65 Å². The molecule has 0 radical (unpaired) electrons. The second-order valence-corrected chi connectivity index (χ2v) is 7.59. The van der Waals surface area contributed by atoms with Gasteiger partial charge in [-0.15, -0.1) is 0 Å². The van der Waals surface area contributed by atoms with Gasteiger partial charge in [-0.1, -0.05) is 34.1 Å². The van der Waals surface area contributed by atoms with Gasteiger partial charge in [-0.3, -0.25) is 4.98 Å². The molecule has 0 spiro atoms. The first-order chi connectivity index (χ1) is 13.7. The van der Waals surface area contributed by atoms with E-state index in [1.165, 1.54) is 0 Å². The number of rotatable bonds is 3. The largest absolute Gasteiger partial charge is 0.392 e. The van der Waals surface area contributed by atoms with E-state index in [4.69, 9.17) is 4.98 Å². The molecule has 0 bridgehead atoms. The van der Waals surface area contributed by atoms with Crippen molar-refractivity contribution in [3.05, 3.63) is 83.2 Å². The predicted molar refractivity (Wildman–Crippen MR) is 116 cm³/mol. The number of nitrogens with one attached hydrogen (secondary N) is 1. The number of benzene rings is 2. The Balaban J connectivity index is 1.92. The summed E-state index contributed by atoms with van der Waals surface area (Å²) in [5.41, 5.74) is 7.05. The molecule has 0 unspecified atom stereocenters. The first-order valence-electron chi connectivity index (χ1n) is 8.95. The fourth-order valence-electron chi connectivity index (χ4n) is 3.67. The summed E-state index contributed by atoms with van der Waals surface area (Å²) in [4.78, 5) is 12.3. The number of aliphatic hydroxyl groups is 1. The molecule has 3 aromatic heterocycles. The van der Waals surface area contributed by atoms with Gasteiger partial charge in [0.15, 0.2) is 0 Å². The Kier molecular flexibility index (Phi) is 4.19. The maximum Gasteiger partial charge on any atom is 0.138 e. The normalized spacial score (nSPS) is 11.4.